The van der Waals surface area contributed by atoms with Crippen LogP contribution in [0.5, 0.6) is 0 Å². The number of nitrogens with one attached hydrogen (secondary N) is 1. The normalized spacial score (nSPS) is 15.6. The predicted octanol–water partition coefficient (Wildman–Crippen LogP) is 3.12. The quantitative estimate of drug-likeness (QED) is 0.853. The maximum absolute atomic E-state index is 4.76. The molecule has 2 rings (SSSR count). The molecule has 1 heterocycles. The van der Waals surface area contributed by atoms with E-state index in [1.165, 1.54) is 24.8 Å². The maximum Gasteiger partial charge on any atom is 0.128 e. The summed E-state index contributed by atoms with van der Waals surface area (Å²) in [5.74, 6) is 1.81. The Morgan fingerprint density at radius 2 is 2.11 bits per heavy atom. The van der Waals surface area contributed by atoms with Gasteiger partial charge in [-0.25, -0.2) is 4.98 Å². The first-order valence-electron chi connectivity index (χ1n) is 7.48. The van der Waals surface area contributed by atoms with Crippen LogP contribution >= 0.6 is 0 Å². The summed E-state index contributed by atoms with van der Waals surface area (Å²) < 4.78 is 0. The summed E-state index contributed by atoms with van der Waals surface area (Å²) in [5.41, 5.74) is 2.46. The topological polar surface area (TPSA) is 28.2 Å². The highest BCUT2D eigenvalue weighted by Gasteiger charge is 2.23. The summed E-state index contributed by atoms with van der Waals surface area (Å²) in [6, 6.07) is 5.09. The molecule has 1 aromatic rings. The van der Waals surface area contributed by atoms with E-state index >= 15 is 0 Å². The monoisotopic (exact) mass is 261 g/mol. The number of hydrogen-bond donors (Lipinski definition) is 1. The number of hydrogen-bond acceptors (Lipinski definition) is 3. The molecule has 1 aromatic heterocycles. The fraction of sp³-hybridized carbons (Fsp3) is 0.688. The van der Waals surface area contributed by atoms with Gasteiger partial charge in [0.25, 0.3) is 0 Å². The molecule has 0 atom stereocenters. The predicted molar refractivity (Wildman–Crippen MR) is 81.6 cm³/mol. The molecule has 19 heavy (non-hydrogen) atoms. The molecule has 106 valence electrons. The molecule has 0 radical (unpaired) electrons. The van der Waals surface area contributed by atoms with E-state index in [2.05, 4.69) is 50.2 Å². The first-order valence-corrected chi connectivity index (χ1v) is 7.48. The molecule has 1 saturated carbocycles. The van der Waals surface area contributed by atoms with Gasteiger partial charge in [-0.2, -0.15) is 0 Å². The Hall–Kier alpha value is -1.09. The minimum atomic E-state index is 0.692. The van der Waals surface area contributed by atoms with E-state index in [0.29, 0.717) is 12.0 Å². The number of pyridine rings is 1. The van der Waals surface area contributed by atoms with Crippen LogP contribution in [0, 0.1) is 12.8 Å². The molecular weight excluding hydrogens is 234 g/mol. The first-order chi connectivity index (χ1) is 9.08. The Morgan fingerprint density at radius 1 is 1.37 bits per heavy atom. The van der Waals surface area contributed by atoms with Crippen molar-refractivity contribution in [1.82, 2.24) is 10.3 Å². The van der Waals surface area contributed by atoms with Crippen LogP contribution < -0.4 is 10.2 Å². The molecule has 0 unspecified atom stereocenters. The van der Waals surface area contributed by atoms with Gasteiger partial charge in [0.1, 0.15) is 5.82 Å². The molecule has 0 aromatic carbocycles. The zero-order valence-electron chi connectivity index (χ0n) is 12.7. The van der Waals surface area contributed by atoms with E-state index in [1.54, 1.807) is 0 Å². The molecular formula is C16H27N3. The summed E-state index contributed by atoms with van der Waals surface area (Å²) in [7, 11) is 2.17. The van der Waals surface area contributed by atoms with Crippen molar-refractivity contribution in [1.29, 1.82) is 0 Å². The SMILES string of the molecule is Cc1nc(N(C)C2CCC2)ccc1CNCC(C)C. The Kier molecular flexibility index (Phi) is 4.81. The second-order valence-electron chi connectivity index (χ2n) is 6.13. The van der Waals surface area contributed by atoms with Crippen molar-refractivity contribution < 1.29 is 0 Å². The van der Waals surface area contributed by atoms with Crippen LogP contribution in [0.25, 0.3) is 0 Å². The van der Waals surface area contributed by atoms with Crippen molar-refractivity contribution in [2.75, 3.05) is 18.5 Å². The highest BCUT2D eigenvalue weighted by atomic mass is 15.2. The van der Waals surface area contributed by atoms with Gasteiger partial charge in [-0.3, -0.25) is 0 Å². The molecule has 0 spiro atoms. The average Bonchev–Trinajstić information content (AvgIpc) is 2.28. The Balaban J connectivity index is 1.96. The Morgan fingerprint density at radius 3 is 2.63 bits per heavy atom. The maximum atomic E-state index is 4.76. The second kappa shape index (κ2) is 6.38. The largest absolute Gasteiger partial charge is 0.357 e. The standard InChI is InChI=1S/C16H27N3/c1-12(2)10-17-11-14-8-9-16(18-13(14)3)19(4)15-6-5-7-15/h8-9,12,15,17H,5-7,10-11H2,1-4H3. The lowest BCUT2D eigenvalue weighted by molar-refractivity contribution is 0.399. The van der Waals surface area contributed by atoms with Gasteiger partial charge in [-0.15, -0.1) is 0 Å². The van der Waals surface area contributed by atoms with E-state index < -0.39 is 0 Å². The van der Waals surface area contributed by atoms with Gasteiger partial charge in [-0.05, 0) is 50.3 Å². The van der Waals surface area contributed by atoms with Crippen LogP contribution in [-0.2, 0) is 6.54 Å². The number of rotatable bonds is 6. The first kappa shape index (κ1) is 14.3. The van der Waals surface area contributed by atoms with Crippen LogP contribution in [0.3, 0.4) is 0 Å². The minimum absolute atomic E-state index is 0.692. The number of anilines is 1. The molecule has 0 aliphatic heterocycles. The van der Waals surface area contributed by atoms with Crippen molar-refractivity contribution in [3.05, 3.63) is 23.4 Å². The van der Waals surface area contributed by atoms with Crippen molar-refractivity contribution in [2.45, 2.75) is 52.6 Å². The lowest BCUT2D eigenvalue weighted by Crippen LogP contribution is -2.37. The molecule has 1 aliphatic carbocycles. The third-order valence-electron chi connectivity index (χ3n) is 4.03. The molecule has 0 saturated heterocycles. The number of aromatic nitrogens is 1. The zero-order valence-corrected chi connectivity index (χ0v) is 12.7. The summed E-state index contributed by atoms with van der Waals surface area (Å²) in [6.07, 6.45) is 4.00. The zero-order chi connectivity index (χ0) is 13.8. The summed E-state index contributed by atoms with van der Waals surface area (Å²) >= 11 is 0. The second-order valence-corrected chi connectivity index (χ2v) is 6.13. The van der Waals surface area contributed by atoms with Crippen LogP contribution in [0.1, 0.15) is 44.4 Å². The summed E-state index contributed by atoms with van der Waals surface area (Å²) in [6.45, 7) is 8.56. The van der Waals surface area contributed by atoms with E-state index in [1.807, 2.05) is 0 Å². The van der Waals surface area contributed by atoms with E-state index in [0.717, 1.165) is 24.6 Å². The van der Waals surface area contributed by atoms with Crippen LogP contribution in [0.2, 0.25) is 0 Å². The van der Waals surface area contributed by atoms with Crippen LogP contribution in [0.15, 0.2) is 12.1 Å². The van der Waals surface area contributed by atoms with Crippen molar-refractivity contribution >= 4 is 5.82 Å². The average molecular weight is 261 g/mol. The van der Waals surface area contributed by atoms with Gasteiger partial charge < -0.3 is 10.2 Å². The van der Waals surface area contributed by atoms with Gasteiger partial charge in [0.05, 0.1) is 0 Å². The van der Waals surface area contributed by atoms with Gasteiger partial charge in [0.2, 0.25) is 0 Å². The third-order valence-corrected chi connectivity index (χ3v) is 4.03. The highest BCUT2D eigenvalue weighted by Crippen LogP contribution is 2.27. The van der Waals surface area contributed by atoms with Gasteiger partial charge in [0, 0.05) is 25.3 Å². The fourth-order valence-corrected chi connectivity index (χ4v) is 2.42. The smallest absolute Gasteiger partial charge is 0.128 e. The molecule has 0 amide bonds. The molecule has 1 fully saturated rings. The fourth-order valence-electron chi connectivity index (χ4n) is 2.42. The Bertz CT molecular complexity index is 410. The van der Waals surface area contributed by atoms with Gasteiger partial charge in [0.15, 0.2) is 0 Å². The minimum Gasteiger partial charge on any atom is -0.357 e. The van der Waals surface area contributed by atoms with Crippen LogP contribution in [-0.4, -0.2) is 24.6 Å². The lowest BCUT2D eigenvalue weighted by atomic mass is 9.92. The summed E-state index contributed by atoms with van der Waals surface area (Å²) in [5, 5.41) is 3.48. The Labute approximate surface area is 117 Å². The molecule has 3 heteroatoms. The molecule has 0 bridgehead atoms. The third kappa shape index (κ3) is 3.69. The van der Waals surface area contributed by atoms with Gasteiger partial charge >= 0.3 is 0 Å². The highest BCUT2D eigenvalue weighted by molar-refractivity contribution is 5.42. The van der Waals surface area contributed by atoms with Crippen LogP contribution in [0.4, 0.5) is 5.82 Å². The van der Waals surface area contributed by atoms with Crippen molar-refractivity contribution in [2.24, 2.45) is 5.92 Å². The lowest BCUT2D eigenvalue weighted by Gasteiger charge is -2.35. The van der Waals surface area contributed by atoms with E-state index in [4.69, 9.17) is 4.98 Å². The number of nitrogens with zero attached hydrogens (tertiary/aromatic N) is 2. The summed E-state index contributed by atoms with van der Waals surface area (Å²) in [4.78, 5) is 7.09. The van der Waals surface area contributed by atoms with Crippen molar-refractivity contribution in [3.63, 3.8) is 0 Å². The molecule has 3 nitrogen and oxygen atoms in total. The number of aryl methyl sites for hydroxylation is 1. The van der Waals surface area contributed by atoms with E-state index in [9.17, 15) is 0 Å². The van der Waals surface area contributed by atoms with E-state index in [-0.39, 0.29) is 0 Å². The molecule has 1 aliphatic rings. The molecule has 1 N–H and O–H groups in total. The van der Waals surface area contributed by atoms with Crippen molar-refractivity contribution in [3.8, 4) is 0 Å². The van der Waals surface area contributed by atoms with Gasteiger partial charge in [-0.1, -0.05) is 19.9 Å².